The molecule has 0 spiro atoms. The molecule has 0 aromatic heterocycles. The van der Waals surface area contributed by atoms with Crippen LogP contribution >= 0.6 is 0 Å². The maximum Gasteiger partial charge on any atom is 0.410 e. The van der Waals surface area contributed by atoms with Gasteiger partial charge in [-0.05, 0) is 18.4 Å². The Hall–Kier alpha value is -2.12. The van der Waals surface area contributed by atoms with Gasteiger partial charge in [0.2, 0.25) is 5.91 Å². The summed E-state index contributed by atoms with van der Waals surface area (Å²) in [4.78, 5) is 28.5. The molecule has 2 bridgehead atoms. The summed E-state index contributed by atoms with van der Waals surface area (Å²) in [6.07, 6.45) is 2.24. The maximum atomic E-state index is 12.9. The van der Waals surface area contributed by atoms with Crippen molar-refractivity contribution in [1.82, 2.24) is 9.80 Å². The van der Waals surface area contributed by atoms with Crippen LogP contribution in [0.2, 0.25) is 19.6 Å². The monoisotopic (exact) mass is 416 g/mol. The zero-order chi connectivity index (χ0) is 21.0. The highest BCUT2D eigenvalue weighted by Crippen LogP contribution is 2.33. The highest BCUT2D eigenvalue weighted by Gasteiger charge is 2.46. The van der Waals surface area contributed by atoms with Crippen LogP contribution in [0.3, 0.4) is 0 Å². The van der Waals surface area contributed by atoms with Gasteiger partial charge in [0.25, 0.3) is 0 Å². The number of aliphatic hydroxyl groups is 1. The van der Waals surface area contributed by atoms with E-state index >= 15 is 0 Å². The van der Waals surface area contributed by atoms with Crippen LogP contribution in [0.25, 0.3) is 0 Å². The summed E-state index contributed by atoms with van der Waals surface area (Å²) in [6, 6.07) is 9.52. The lowest BCUT2D eigenvalue weighted by Crippen LogP contribution is -2.61. The molecule has 2 amide bonds. The second kappa shape index (κ2) is 9.13. The number of likely N-dealkylation sites (tertiary alicyclic amines) is 2. The first-order valence-corrected chi connectivity index (χ1v) is 13.9. The second-order valence-corrected chi connectivity index (χ2v) is 14.2. The van der Waals surface area contributed by atoms with Crippen molar-refractivity contribution >= 4 is 20.1 Å². The summed E-state index contributed by atoms with van der Waals surface area (Å²) >= 11 is 0. The summed E-state index contributed by atoms with van der Waals surface area (Å²) in [5.41, 5.74) is 3.19. The molecule has 1 aromatic rings. The van der Waals surface area contributed by atoms with E-state index in [4.69, 9.17) is 4.74 Å². The van der Waals surface area contributed by atoms with Crippen molar-refractivity contribution in [3.05, 3.63) is 47.7 Å². The highest BCUT2D eigenvalue weighted by molar-refractivity contribution is 6.80. The molecule has 0 radical (unpaired) electrons. The molecule has 0 aliphatic carbocycles. The summed E-state index contributed by atoms with van der Waals surface area (Å²) in [6.45, 7) is 8.29. The lowest BCUT2D eigenvalue weighted by Gasteiger charge is -2.47. The molecule has 1 aromatic carbocycles. The Kier molecular flexibility index (Phi) is 6.80. The number of aliphatic hydroxyl groups excluding tert-OH is 1. The van der Waals surface area contributed by atoms with E-state index in [1.807, 2.05) is 30.3 Å². The van der Waals surface area contributed by atoms with E-state index in [-0.39, 0.29) is 24.3 Å². The van der Waals surface area contributed by atoms with Gasteiger partial charge in [-0.2, -0.15) is 0 Å². The number of ether oxygens (including phenoxy) is 1. The number of rotatable bonds is 6. The highest BCUT2D eigenvalue weighted by atomic mass is 28.3. The quantitative estimate of drug-likeness (QED) is 0.723. The van der Waals surface area contributed by atoms with Gasteiger partial charge in [0.05, 0.1) is 14.0 Å². The van der Waals surface area contributed by atoms with Crippen LogP contribution in [0.4, 0.5) is 4.79 Å². The number of benzene rings is 1. The lowest BCUT2D eigenvalue weighted by molar-refractivity contribution is -0.167. The SMILES string of the molecule is C[Si](C)(C)/C=C\CCN1C(=O)[C@@H]2C[C@@H](CN(C(=O)OCc3ccccc3)C2)C1O. The molecule has 158 valence electrons. The van der Waals surface area contributed by atoms with Gasteiger partial charge in [0, 0.05) is 25.6 Å². The number of carbonyl (C=O) groups is 2. The Morgan fingerprint density at radius 2 is 1.97 bits per heavy atom. The van der Waals surface area contributed by atoms with Gasteiger partial charge < -0.3 is 19.6 Å². The molecule has 2 fully saturated rings. The fourth-order valence-corrected chi connectivity index (χ4v) is 4.88. The van der Waals surface area contributed by atoms with Crippen LogP contribution in [-0.2, 0) is 16.1 Å². The minimum absolute atomic E-state index is 0.0595. The third-order valence-corrected chi connectivity index (χ3v) is 6.71. The van der Waals surface area contributed by atoms with Crippen molar-refractivity contribution in [2.45, 2.75) is 45.3 Å². The Balaban J connectivity index is 1.55. The van der Waals surface area contributed by atoms with E-state index < -0.39 is 20.4 Å². The van der Waals surface area contributed by atoms with E-state index in [0.717, 1.165) is 12.0 Å². The molecule has 2 aliphatic rings. The van der Waals surface area contributed by atoms with Crippen LogP contribution < -0.4 is 0 Å². The van der Waals surface area contributed by atoms with E-state index in [2.05, 4.69) is 31.4 Å². The second-order valence-electron chi connectivity index (χ2n) is 9.14. The van der Waals surface area contributed by atoms with Crippen LogP contribution in [-0.4, -0.2) is 60.8 Å². The normalized spacial score (nSPS) is 24.8. The van der Waals surface area contributed by atoms with Crippen molar-refractivity contribution in [1.29, 1.82) is 0 Å². The molecule has 7 heteroatoms. The molecule has 29 heavy (non-hydrogen) atoms. The molecule has 2 saturated heterocycles. The minimum Gasteiger partial charge on any atom is -0.445 e. The van der Waals surface area contributed by atoms with Gasteiger partial charge in [-0.15, -0.1) is 0 Å². The van der Waals surface area contributed by atoms with Gasteiger partial charge in [0.1, 0.15) is 12.8 Å². The van der Waals surface area contributed by atoms with Crippen molar-refractivity contribution in [2.75, 3.05) is 19.6 Å². The van der Waals surface area contributed by atoms with Gasteiger partial charge in [-0.25, -0.2) is 4.79 Å². The predicted octanol–water partition coefficient (Wildman–Crippen LogP) is 3.25. The van der Waals surface area contributed by atoms with Crippen LogP contribution in [0.15, 0.2) is 42.1 Å². The van der Waals surface area contributed by atoms with E-state index in [9.17, 15) is 14.7 Å². The Morgan fingerprint density at radius 3 is 2.66 bits per heavy atom. The zero-order valence-corrected chi connectivity index (χ0v) is 18.6. The van der Waals surface area contributed by atoms with Gasteiger partial charge in [-0.3, -0.25) is 4.79 Å². The predicted molar refractivity (Wildman–Crippen MR) is 115 cm³/mol. The average Bonchev–Trinajstić information content (AvgIpc) is 2.70. The Morgan fingerprint density at radius 1 is 1.24 bits per heavy atom. The number of carbonyl (C=O) groups excluding carboxylic acids is 2. The third-order valence-electron chi connectivity index (χ3n) is 5.47. The summed E-state index contributed by atoms with van der Waals surface area (Å²) in [7, 11) is -1.26. The Bertz CT molecular complexity index is 747. The average molecular weight is 417 g/mol. The standard InChI is InChI=1S/C22H32N2O4Si/c1-29(2,3)12-8-7-11-24-20(25)18-13-19(21(24)26)15-23(14-18)22(27)28-16-17-9-5-4-6-10-17/h4-6,8-10,12,18-20,25H,7,11,13-16H2,1-3H3/b12-8-/t18-,19+,20?/m0/s1. The molecular formula is C22H32N2O4Si. The number of amides is 2. The van der Waals surface area contributed by atoms with Gasteiger partial charge in [0.15, 0.2) is 0 Å². The van der Waals surface area contributed by atoms with Crippen molar-refractivity contribution in [3.63, 3.8) is 0 Å². The fourth-order valence-electron chi connectivity index (χ4n) is 4.01. The molecule has 3 rings (SSSR count). The molecule has 2 heterocycles. The van der Waals surface area contributed by atoms with E-state index in [1.165, 1.54) is 0 Å². The topological polar surface area (TPSA) is 70.1 Å². The summed E-state index contributed by atoms with van der Waals surface area (Å²) in [5, 5.41) is 10.7. The third kappa shape index (κ3) is 5.70. The van der Waals surface area contributed by atoms with E-state index in [0.29, 0.717) is 26.1 Å². The van der Waals surface area contributed by atoms with Crippen molar-refractivity contribution < 1.29 is 19.4 Å². The molecule has 6 nitrogen and oxygen atoms in total. The number of fused-ring (bicyclic) bond motifs is 2. The number of piperidine rings is 2. The van der Waals surface area contributed by atoms with Gasteiger partial charge in [-0.1, -0.05) is 61.7 Å². The first-order chi connectivity index (χ1) is 13.7. The molecule has 0 saturated carbocycles. The molecular weight excluding hydrogens is 384 g/mol. The summed E-state index contributed by atoms with van der Waals surface area (Å²) < 4.78 is 5.42. The fraction of sp³-hybridized carbons (Fsp3) is 0.545. The molecule has 2 aliphatic heterocycles. The maximum absolute atomic E-state index is 12.9. The Labute approximate surface area is 174 Å². The van der Waals surface area contributed by atoms with E-state index in [1.54, 1.807) is 9.80 Å². The lowest BCUT2D eigenvalue weighted by atomic mass is 9.82. The molecule has 1 unspecified atom stereocenters. The zero-order valence-electron chi connectivity index (χ0n) is 17.6. The van der Waals surface area contributed by atoms with Gasteiger partial charge >= 0.3 is 6.09 Å². The summed E-state index contributed by atoms with van der Waals surface area (Å²) in [5.74, 6) is -0.449. The van der Waals surface area contributed by atoms with Crippen LogP contribution in [0, 0.1) is 11.8 Å². The van der Waals surface area contributed by atoms with Crippen LogP contribution in [0.5, 0.6) is 0 Å². The molecule has 3 atom stereocenters. The number of hydrogen-bond acceptors (Lipinski definition) is 4. The minimum atomic E-state index is -1.26. The van der Waals surface area contributed by atoms with Crippen molar-refractivity contribution in [3.8, 4) is 0 Å². The number of nitrogens with zero attached hydrogens (tertiary/aromatic N) is 2. The molecule has 1 N–H and O–H groups in total. The van der Waals surface area contributed by atoms with Crippen LogP contribution in [0.1, 0.15) is 18.4 Å². The first-order valence-electron chi connectivity index (χ1n) is 10.4. The number of hydrogen-bond donors (Lipinski definition) is 1. The first kappa shape index (κ1) is 21.6. The largest absolute Gasteiger partial charge is 0.445 e. The van der Waals surface area contributed by atoms with Crippen molar-refractivity contribution in [2.24, 2.45) is 11.8 Å². The smallest absolute Gasteiger partial charge is 0.410 e.